The van der Waals surface area contributed by atoms with Crippen molar-refractivity contribution in [3.05, 3.63) is 24.0 Å². The fourth-order valence-corrected chi connectivity index (χ4v) is 5.16. The Bertz CT molecular complexity index is 1000. The van der Waals surface area contributed by atoms with Crippen LogP contribution in [-0.4, -0.2) is 97.8 Å². The monoisotopic (exact) mass is 532 g/mol. The number of benzene rings is 1. The zero-order valence-electron chi connectivity index (χ0n) is 22.7. The predicted octanol–water partition coefficient (Wildman–Crippen LogP) is 2.15. The van der Waals surface area contributed by atoms with E-state index in [0.717, 1.165) is 65.2 Å². The summed E-state index contributed by atoms with van der Waals surface area (Å²) in [5.74, 6) is -0.965. The van der Waals surface area contributed by atoms with Crippen LogP contribution in [0.25, 0.3) is 0 Å². The molecule has 4 rings (SSSR count). The largest absolute Gasteiger partial charge is 0.444 e. The first-order valence-electron chi connectivity index (χ1n) is 13.6. The molecule has 3 N–H and O–H groups in total. The number of alkyl carbamates (subject to hydrolysis) is 1. The molecule has 1 unspecified atom stereocenters. The molecule has 0 radical (unpaired) electrons. The van der Waals surface area contributed by atoms with Crippen LogP contribution < -0.4 is 20.9 Å². The van der Waals surface area contributed by atoms with Gasteiger partial charge in [-0.05, 0) is 58.2 Å². The van der Waals surface area contributed by atoms with Crippen LogP contribution in [0.1, 0.15) is 46.5 Å². The van der Waals surface area contributed by atoms with Gasteiger partial charge in [-0.25, -0.2) is 9.18 Å². The molecule has 210 valence electrons. The average Bonchev–Trinajstić information content (AvgIpc) is 2.85. The standard InChI is InChI=1S/C27H41FN6O4/c1-27(2,3)38-26(37)30-19-8-10-32(11-9-19)12-13-33-14-16-34(17-15-33)23-6-4-20(18-21(23)28)29-22-5-7-24(35)31-25(22)36/h4,6,18-19,22,29H,5,7-17H2,1-3H3,(H,30,37)(H,31,35,36). The number of hydrogen-bond acceptors (Lipinski definition) is 8. The van der Waals surface area contributed by atoms with Crippen LogP contribution >= 0.6 is 0 Å². The van der Waals surface area contributed by atoms with E-state index in [9.17, 15) is 18.8 Å². The van der Waals surface area contributed by atoms with Gasteiger partial charge >= 0.3 is 6.09 Å². The van der Waals surface area contributed by atoms with E-state index < -0.39 is 11.6 Å². The van der Waals surface area contributed by atoms with Gasteiger partial charge < -0.3 is 25.2 Å². The molecule has 0 saturated carbocycles. The van der Waals surface area contributed by atoms with Crippen molar-refractivity contribution < 1.29 is 23.5 Å². The molecular formula is C27H41FN6O4. The fourth-order valence-electron chi connectivity index (χ4n) is 5.16. The smallest absolute Gasteiger partial charge is 0.407 e. The Morgan fingerprint density at radius 1 is 1.03 bits per heavy atom. The van der Waals surface area contributed by atoms with Crippen LogP contribution in [-0.2, 0) is 14.3 Å². The van der Waals surface area contributed by atoms with E-state index in [1.54, 1.807) is 12.1 Å². The first-order chi connectivity index (χ1) is 18.1. The molecule has 3 fully saturated rings. The zero-order chi connectivity index (χ0) is 27.3. The summed E-state index contributed by atoms with van der Waals surface area (Å²) in [6.07, 6.45) is 2.17. The molecule has 3 aliphatic rings. The topological polar surface area (TPSA) is 106 Å². The van der Waals surface area contributed by atoms with Crippen molar-refractivity contribution in [2.24, 2.45) is 0 Å². The fraction of sp³-hybridized carbons (Fsp3) is 0.667. The second-order valence-corrected chi connectivity index (χ2v) is 11.4. The summed E-state index contributed by atoms with van der Waals surface area (Å²) in [6.45, 7) is 12.7. The number of nitrogens with zero attached hydrogens (tertiary/aromatic N) is 3. The molecule has 0 aromatic heterocycles. The molecule has 1 aromatic rings. The van der Waals surface area contributed by atoms with Gasteiger partial charge in [0, 0.05) is 70.5 Å². The van der Waals surface area contributed by atoms with Crippen molar-refractivity contribution in [1.82, 2.24) is 20.4 Å². The Labute approximate surface area is 224 Å². The molecule has 0 bridgehead atoms. The number of ether oxygens (including phenoxy) is 1. The maximum Gasteiger partial charge on any atom is 0.407 e. The average molecular weight is 533 g/mol. The molecular weight excluding hydrogens is 491 g/mol. The summed E-state index contributed by atoms with van der Waals surface area (Å²) in [5, 5.41) is 8.33. The molecule has 1 aromatic carbocycles. The Morgan fingerprint density at radius 3 is 2.29 bits per heavy atom. The SMILES string of the molecule is CC(C)(C)OC(=O)NC1CCN(CCN2CCN(c3ccc(NC4CCC(=O)NC4=O)cc3F)CC2)CC1. The van der Waals surface area contributed by atoms with Crippen LogP contribution in [0.5, 0.6) is 0 Å². The number of amides is 3. The second-order valence-electron chi connectivity index (χ2n) is 11.4. The quantitative estimate of drug-likeness (QED) is 0.459. The summed E-state index contributed by atoms with van der Waals surface area (Å²) < 4.78 is 20.3. The number of carbonyl (C=O) groups excluding carboxylic acids is 3. The molecule has 3 saturated heterocycles. The van der Waals surface area contributed by atoms with Gasteiger partial charge in [0.15, 0.2) is 0 Å². The van der Waals surface area contributed by atoms with Crippen molar-refractivity contribution in [1.29, 1.82) is 0 Å². The highest BCUT2D eigenvalue weighted by Crippen LogP contribution is 2.25. The Kier molecular flexibility index (Phi) is 9.09. The number of carbonyl (C=O) groups is 3. The normalized spacial score (nSPS) is 22.2. The van der Waals surface area contributed by atoms with Gasteiger partial charge in [-0.2, -0.15) is 0 Å². The van der Waals surface area contributed by atoms with Crippen LogP contribution in [0.15, 0.2) is 18.2 Å². The van der Waals surface area contributed by atoms with Gasteiger partial charge in [0.25, 0.3) is 0 Å². The van der Waals surface area contributed by atoms with Gasteiger partial charge in [-0.15, -0.1) is 0 Å². The summed E-state index contributed by atoms with van der Waals surface area (Å²) in [5.41, 5.74) is 0.612. The summed E-state index contributed by atoms with van der Waals surface area (Å²) >= 11 is 0. The van der Waals surface area contributed by atoms with Gasteiger partial charge in [-0.1, -0.05) is 0 Å². The van der Waals surface area contributed by atoms with Crippen molar-refractivity contribution in [2.75, 3.05) is 62.6 Å². The van der Waals surface area contributed by atoms with Crippen LogP contribution in [0.2, 0.25) is 0 Å². The third kappa shape index (κ3) is 8.04. The van der Waals surface area contributed by atoms with Gasteiger partial charge in [0.1, 0.15) is 17.5 Å². The van der Waals surface area contributed by atoms with Crippen molar-refractivity contribution in [2.45, 2.75) is 64.1 Å². The van der Waals surface area contributed by atoms with Crippen LogP contribution in [0, 0.1) is 5.82 Å². The lowest BCUT2D eigenvalue weighted by molar-refractivity contribution is -0.133. The number of likely N-dealkylation sites (tertiary alicyclic amines) is 1. The summed E-state index contributed by atoms with van der Waals surface area (Å²) in [6, 6.07) is 4.59. The number of halogens is 1. The van der Waals surface area contributed by atoms with Gasteiger partial charge in [0.2, 0.25) is 11.8 Å². The highest BCUT2D eigenvalue weighted by Gasteiger charge is 2.27. The third-order valence-corrected chi connectivity index (χ3v) is 7.28. The minimum absolute atomic E-state index is 0.158. The van der Waals surface area contributed by atoms with Crippen LogP contribution in [0.4, 0.5) is 20.6 Å². The molecule has 3 aliphatic heterocycles. The van der Waals surface area contributed by atoms with E-state index in [2.05, 4.69) is 30.7 Å². The highest BCUT2D eigenvalue weighted by molar-refractivity contribution is 6.01. The molecule has 1 atom stereocenters. The lowest BCUT2D eigenvalue weighted by Gasteiger charge is -2.38. The maximum atomic E-state index is 14.9. The number of imide groups is 1. The van der Waals surface area contributed by atoms with Crippen LogP contribution in [0.3, 0.4) is 0 Å². The van der Waals surface area contributed by atoms with Crippen molar-refractivity contribution in [3.8, 4) is 0 Å². The minimum Gasteiger partial charge on any atom is -0.444 e. The zero-order valence-corrected chi connectivity index (χ0v) is 22.7. The van der Waals surface area contributed by atoms with Crippen molar-refractivity contribution >= 4 is 29.3 Å². The maximum absolute atomic E-state index is 14.9. The van der Waals surface area contributed by atoms with E-state index >= 15 is 0 Å². The predicted molar refractivity (Wildman–Crippen MR) is 144 cm³/mol. The number of nitrogens with one attached hydrogen (secondary N) is 3. The number of piperidine rings is 2. The first kappa shape index (κ1) is 28.1. The van der Waals surface area contributed by atoms with Crippen molar-refractivity contribution in [3.63, 3.8) is 0 Å². The Morgan fingerprint density at radius 2 is 1.68 bits per heavy atom. The molecule has 0 spiro atoms. The second kappa shape index (κ2) is 12.3. The van der Waals surface area contributed by atoms with E-state index in [4.69, 9.17) is 4.74 Å². The van der Waals surface area contributed by atoms with Gasteiger partial charge in [-0.3, -0.25) is 19.8 Å². The molecule has 10 nitrogen and oxygen atoms in total. The minimum atomic E-state index is -0.534. The number of rotatable bonds is 7. The highest BCUT2D eigenvalue weighted by atomic mass is 19.1. The number of anilines is 2. The Balaban J connectivity index is 1.16. The van der Waals surface area contributed by atoms with Gasteiger partial charge in [0.05, 0.1) is 5.69 Å². The molecule has 0 aliphatic carbocycles. The first-order valence-corrected chi connectivity index (χ1v) is 13.6. The van der Waals surface area contributed by atoms with E-state index in [0.29, 0.717) is 17.8 Å². The number of piperazine rings is 1. The van der Waals surface area contributed by atoms with E-state index in [1.807, 2.05) is 20.8 Å². The number of hydrogen-bond donors (Lipinski definition) is 3. The summed E-state index contributed by atoms with van der Waals surface area (Å²) in [7, 11) is 0. The van der Waals surface area contributed by atoms with E-state index in [1.165, 1.54) is 6.07 Å². The summed E-state index contributed by atoms with van der Waals surface area (Å²) in [4.78, 5) is 42.2. The van der Waals surface area contributed by atoms with E-state index in [-0.39, 0.29) is 36.2 Å². The molecule has 3 amide bonds. The molecule has 11 heteroatoms. The lowest BCUT2D eigenvalue weighted by atomic mass is 10.1. The third-order valence-electron chi connectivity index (χ3n) is 7.28. The lowest BCUT2D eigenvalue weighted by Crippen LogP contribution is -2.50. The molecule has 3 heterocycles. The molecule has 38 heavy (non-hydrogen) atoms. The Hall–Kier alpha value is -2.92.